The maximum absolute atomic E-state index is 2.50. The van der Waals surface area contributed by atoms with Crippen LogP contribution in [-0.4, -0.2) is 25.0 Å². The molecule has 0 radical (unpaired) electrons. The minimum Gasteiger partial charge on any atom is -0.306 e. The van der Waals surface area contributed by atoms with Crippen molar-refractivity contribution in [2.75, 3.05) is 20.1 Å². The molecule has 2 aliphatic rings. The van der Waals surface area contributed by atoms with Crippen molar-refractivity contribution in [1.82, 2.24) is 4.90 Å². The fraction of sp³-hybridized carbons (Fsp3) is 1.00. The van der Waals surface area contributed by atoms with Crippen LogP contribution in [0.4, 0.5) is 0 Å². The summed E-state index contributed by atoms with van der Waals surface area (Å²) in [4.78, 5) is 2.50. The van der Waals surface area contributed by atoms with Crippen molar-refractivity contribution in [2.24, 2.45) is 11.3 Å². The second kappa shape index (κ2) is 4.22. The van der Waals surface area contributed by atoms with E-state index in [0.717, 1.165) is 11.3 Å². The first-order valence-corrected chi connectivity index (χ1v) is 6.43. The third kappa shape index (κ3) is 2.13. The zero-order valence-corrected chi connectivity index (χ0v) is 9.89. The second-order valence-electron chi connectivity index (χ2n) is 5.65. The van der Waals surface area contributed by atoms with Crippen LogP contribution in [0.1, 0.15) is 51.9 Å². The minimum absolute atomic E-state index is 0.776. The Kier molecular flexibility index (Phi) is 3.16. The first-order valence-electron chi connectivity index (χ1n) is 6.43. The van der Waals surface area contributed by atoms with E-state index in [1.54, 1.807) is 0 Å². The van der Waals surface area contributed by atoms with Crippen LogP contribution in [0.15, 0.2) is 0 Å². The summed E-state index contributed by atoms with van der Waals surface area (Å²) < 4.78 is 0. The Morgan fingerprint density at radius 3 is 2.14 bits per heavy atom. The van der Waals surface area contributed by atoms with E-state index >= 15 is 0 Å². The zero-order chi connectivity index (χ0) is 10.0. The van der Waals surface area contributed by atoms with Gasteiger partial charge in [-0.1, -0.05) is 13.3 Å². The minimum atomic E-state index is 0.776. The molecule has 0 unspecified atom stereocenters. The van der Waals surface area contributed by atoms with Crippen molar-refractivity contribution in [2.45, 2.75) is 51.9 Å². The second-order valence-corrected chi connectivity index (χ2v) is 5.65. The predicted octanol–water partition coefficient (Wildman–Crippen LogP) is 3.30. The lowest BCUT2D eigenvalue weighted by Gasteiger charge is -2.45. The summed E-state index contributed by atoms with van der Waals surface area (Å²) in [6.07, 6.45) is 10.4. The van der Waals surface area contributed by atoms with Crippen molar-refractivity contribution in [3.05, 3.63) is 0 Å². The third-order valence-corrected chi connectivity index (χ3v) is 4.79. The van der Waals surface area contributed by atoms with Crippen LogP contribution in [0.2, 0.25) is 0 Å². The normalized spacial score (nSPS) is 29.6. The number of piperidine rings is 1. The maximum atomic E-state index is 2.50. The van der Waals surface area contributed by atoms with Crippen LogP contribution >= 0.6 is 0 Å². The summed E-state index contributed by atoms with van der Waals surface area (Å²) in [5.74, 6) is 1.06. The number of rotatable bonds is 1. The van der Waals surface area contributed by atoms with Gasteiger partial charge >= 0.3 is 0 Å². The Labute approximate surface area is 88.9 Å². The summed E-state index contributed by atoms with van der Waals surface area (Å²) in [5.41, 5.74) is 0.776. The highest BCUT2D eigenvalue weighted by Gasteiger charge is 2.36. The van der Waals surface area contributed by atoms with Crippen molar-refractivity contribution in [1.29, 1.82) is 0 Å². The van der Waals surface area contributed by atoms with Gasteiger partial charge in [-0.2, -0.15) is 0 Å². The Morgan fingerprint density at radius 2 is 1.64 bits per heavy atom. The van der Waals surface area contributed by atoms with Gasteiger partial charge in [0.05, 0.1) is 0 Å². The lowest BCUT2D eigenvalue weighted by Crippen LogP contribution is -2.40. The molecule has 0 N–H and O–H groups in total. The van der Waals surface area contributed by atoms with E-state index in [1.807, 2.05) is 0 Å². The smallest absolute Gasteiger partial charge is 0.00165 e. The molecule has 1 heterocycles. The number of hydrogen-bond acceptors (Lipinski definition) is 1. The van der Waals surface area contributed by atoms with Crippen LogP contribution in [0.25, 0.3) is 0 Å². The van der Waals surface area contributed by atoms with Crippen LogP contribution in [0.3, 0.4) is 0 Å². The molecule has 1 nitrogen and oxygen atoms in total. The molecule has 0 atom stereocenters. The van der Waals surface area contributed by atoms with Gasteiger partial charge in [-0.25, -0.2) is 0 Å². The highest BCUT2D eigenvalue weighted by Crippen LogP contribution is 2.46. The molecule has 0 aromatic carbocycles. The van der Waals surface area contributed by atoms with Crippen LogP contribution in [0.5, 0.6) is 0 Å². The van der Waals surface area contributed by atoms with E-state index in [9.17, 15) is 0 Å². The maximum Gasteiger partial charge on any atom is -0.00165 e. The fourth-order valence-corrected chi connectivity index (χ4v) is 3.29. The van der Waals surface area contributed by atoms with Gasteiger partial charge in [0.1, 0.15) is 0 Å². The van der Waals surface area contributed by atoms with E-state index in [2.05, 4.69) is 18.9 Å². The van der Waals surface area contributed by atoms with Gasteiger partial charge in [0, 0.05) is 0 Å². The molecular formula is C13H25N. The topological polar surface area (TPSA) is 3.24 Å². The number of nitrogens with zero attached hydrogens (tertiary/aromatic N) is 1. The molecule has 1 spiro atoms. The highest BCUT2D eigenvalue weighted by molar-refractivity contribution is 4.89. The molecule has 0 bridgehead atoms. The third-order valence-electron chi connectivity index (χ3n) is 4.79. The molecule has 14 heavy (non-hydrogen) atoms. The van der Waals surface area contributed by atoms with Crippen LogP contribution in [0, 0.1) is 11.3 Å². The first-order chi connectivity index (χ1) is 6.74. The molecule has 2 fully saturated rings. The summed E-state index contributed by atoms with van der Waals surface area (Å²) in [5, 5.41) is 0. The average Bonchev–Trinajstić information content (AvgIpc) is 2.24. The van der Waals surface area contributed by atoms with Crippen molar-refractivity contribution in [3.63, 3.8) is 0 Å². The molecule has 0 aromatic heterocycles. The quantitative estimate of drug-likeness (QED) is 0.620. The molecule has 1 aliphatic carbocycles. The monoisotopic (exact) mass is 195 g/mol. The van der Waals surface area contributed by atoms with Gasteiger partial charge in [-0.05, 0) is 70.0 Å². The SMILES string of the molecule is CCC1CCC2(CC1)CCN(C)CC2. The average molecular weight is 195 g/mol. The Balaban J connectivity index is 1.86. The first kappa shape index (κ1) is 10.5. The van der Waals surface area contributed by atoms with Crippen LogP contribution < -0.4 is 0 Å². The summed E-state index contributed by atoms with van der Waals surface area (Å²) >= 11 is 0. The summed E-state index contributed by atoms with van der Waals surface area (Å²) in [7, 11) is 2.27. The molecule has 1 saturated heterocycles. The molecular weight excluding hydrogens is 170 g/mol. The molecule has 2 rings (SSSR count). The van der Waals surface area contributed by atoms with Crippen molar-refractivity contribution in [3.8, 4) is 0 Å². The summed E-state index contributed by atoms with van der Waals surface area (Å²) in [6, 6.07) is 0. The van der Waals surface area contributed by atoms with Crippen molar-refractivity contribution < 1.29 is 0 Å². The van der Waals surface area contributed by atoms with Gasteiger partial charge in [0.2, 0.25) is 0 Å². The Morgan fingerprint density at radius 1 is 1.07 bits per heavy atom. The largest absolute Gasteiger partial charge is 0.306 e. The summed E-state index contributed by atoms with van der Waals surface area (Å²) in [6.45, 7) is 5.05. The van der Waals surface area contributed by atoms with Gasteiger partial charge in [0.15, 0.2) is 0 Å². The Bertz CT molecular complexity index is 170. The zero-order valence-electron chi connectivity index (χ0n) is 9.89. The lowest BCUT2D eigenvalue weighted by molar-refractivity contribution is 0.0619. The molecule has 0 aromatic rings. The Hall–Kier alpha value is -0.0400. The van der Waals surface area contributed by atoms with E-state index in [1.165, 1.54) is 58.0 Å². The van der Waals surface area contributed by atoms with Gasteiger partial charge < -0.3 is 4.90 Å². The lowest BCUT2D eigenvalue weighted by atomic mass is 9.65. The van der Waals surface area contributed by atoms with Gasteiger partial charge in [-0.3, -0.25) is 0 Å². The van der Waals surface area contributed by atoms with Gasteiger partial charge in [0.25, 0.3) is 0 Å². The molecule has 0 amide bonds. The van der Waals surface area contributed by atoms with E-state index in [-0.39, 0.29) is 0 Å². The van der Waals surface area contributed by atoms with Gasteiger partial charge in [-0.15, -0.1) is 0 Å². The number of likely N-dealkylation sites (tertiary alicyclic amines) is 1. The van der Waals surface area contributed by atoms with Crippen LogP contribution in [-0.2, 0) is 0 Å². The molecule has 1 saturated carbocycles. The highest BCUT2D eigenvalue weighted by atomic mass is 15.1. The standard InChI is InChI=1S/C13H25N/c1-3-12-4-6-13(7-5-12)8-10-14(2)11-9-13/h12H,3-11H2,1-2H3. The number of hydrogen-bond donors (Lipinski definition) is 0. The molecule has 1 aliphatic heterocycles. The van der Waals surface area contributed by atoms with E-state index < -0.39 is 0 Å². The predicted molar refractivity (Wildman–Crippen MR) is 61.4 cm³/mol. The molecule has 82 valence electrons. The van der Waals surface area contributed by atoms with Crippen molar-refractivity contribution >= 4 is 0 Å². The molecule has 1 heteroatoms. The fourth-order valence-electron chi connectivity index (χ4n) is 3.29. The van der Waals surface area contributed by atoms with E-state index in [0.29, 0.717) is 0 Å². The van der Waals surface area contributed by atoms with E-state index in [4.69, 9.17) is 0 Å².